The molecule has 0 aliphatic carbocycles. The van der Waals surface area contributed by atoms with E-state index in [1.807, 2.05) is 0 Å². The minimum atomic E-state index is -0.713. The summed E-state index contributed by atoms with van der Waals surface area (Å²) in [4.78, 5) is 22.5. The molecule has 0 saturated carbocycles. The lowest BCUT2D eigenvalue weighted by Gasteiger charge is -2.11. The zero-order chi connectivity index (χ0) is 12.3. The molecule has 1 aromatic carbocycles. The fourth-order valence-electron chi connectivity index (χ4n) is 1.02. The van der Waals surface area contributed by atoms with E-state index < -0.39 is 11.9 Å². The molecule has 0 spiro atoms. The van der Waals surface area contributed by atoms with Crippen molar-refractivity contribution >= 4 is 39.3 Å². The Balaban J connectivity index is 2.85. The normalized spacial score (nSPS) is 11.9. The Morgan fingerprint density at radius 2 is 2.12 bits per heavy atom. The van der Waals surface area contributed by atoms with Gasteiger partial charge in [-0.15, -0.1) is 0 Å². The minimum Gasteiger partial charge on any atom is -0.368 e. The first-order valence-electron chi connectivity index (χ1n) is 4.47. The molecule has 4 nitrogen and oxygen atoms in total. The molecule has 86 valence electrons. The van der Waals surface area contributed by atoms with Crippen molar-refractivity contribution in [1.82, 2.24) is 5.32 Å². The van der Waals surface area contributed by atoms with Crippen molar-refractivity contribution in [3.8, 4) is 0 Å². The fourth-order valence-corrected chi connectivity index (χ4v) is 1.88. The predicted octanol–water partition coefficient (Wildman–Crippen LogP) is 1.71. The van der Waals surface area contributed by atoms with Crippen molar-refractivity contribution in [3.63, 3.8) is 0 Å². The van der Waals surface area contributed by atoms with Crippen LogP contribution in [0.4, 0.5) is 0 Å². The van der Waals surface area contributed by atoms with Crippen molar-refractivity contribution in [3.05, 3.63) is 33.3 Å². The van der Waals surface area contributed by atoms with E-state index in [9.17, 15) is 9.59 Å². The van der Waals surface area contributed by atoms with E-state index in [0.717, 1.165) is 0 Å². The number of rotatable bonds is 3. The largest absolute Gasteiger partial charge is 0.368 e. The van der Waals surface area contributed by atoms with Crippen LogP contribution in [0.25, 0.3) is 0 Å². The lowest BCUT2D eigenvalue weighted by atomic mass is 10.2. The highest BCUT2D eigenvalue weighted by Gasteiger charge is 2.15. The maximum absolute atomic E-state index is 11.7. The first kappa shape index (κ1) is 13.0. The molecule has 0 aliphatic rings. The summed E-state index contributed by atoms with van der Waals surface area (Å²) in [5, 5.41) is 2.99. The highest BCUT2D eigenvalue weighted by Crippen LogP contribution is 2.21. The van der Waals surface area contributed by atoms with Crippen molar-refractivity contribution in [2.24, 2.45) is 5.73 Å². The Kier molecular flexibility index (Phi) is 4.32. The van der Waals surface area contributed by atoms with Crippen molar-refractivity contribution in [2.45, 2.75) is 13.0 Å². The number of hydrogen-bond acceptors (Lipinski definition) is 2. The van der Waals surface area contributed by atoms with Gasteiger partial charge in [-0.1, -0.05) is 11.6 Å². The number of benzene rings is 1. The molecule has 0 aliphatic heterocycles. The van der Waals surface area contributed by atoms with Gasteiger partial charge in [0.2, 0.25) is 5.91 Å². The summed E-state index contributed by atoms with van der Waals surface area (Å²) in [6.45, 7) is 1.52. The molecule has 1 atom stereocenters. The first-order chi connectivity index (χ1) is 7.41. The SMILES string of the molecule is C[C@H](NC(=O)c1ccc(Cl)cc1Br)C(N)=O. The van der Waals surface area contributed by atoms with E-state index >= 15 is 0 Å². The number of nitrogens with one attached hydrogen (secondary N) is 1. The summed E-state index contributed by atoms with van der Waals surface area (Å²) < 4.78 is 0.564. The average molecular weight is 306 g/mol. The van der Waals surface area contributed by atoms with Gasteiger partial charge in [0.05, 0.1) is 5.56 Å². The number of carbonyl (C=O) groups is 2. The second-order valence-electron chi connectivity index (χ2n) is 3.22. The van der Waals surface area contributed by atoms with Crippen molar-refractivity contribution in [2.75, 3.05) is 0 Å². The third kappa shape index (κ3) is 3.21. The van der Waals surface area contributed by atoms with Crippen LogP contribution in [-0.4, -0.2) is 17.9 Å². The molecule has 1 rings (SSSR count). The minimum absolute atomic E-state index is 0.380. The van der Waals surface area contributed by atoms with Gasteiger partial charge < -0.3 is 11.1 Å². The van der Waals surface area contributed by atoms with Gasteiger partial charge in [-0.3, -0.25) is 9.59 Å². The van der Waals surface area contributed by atoms with Crippen LogP contribution in [0, 0.1) is 0 Å². The monoisotopic (exact) mass is 304 g/mol. The second kappa shape index (κ2) is 5.32. The van der Waals surface area contributed by atoms with Crippen LogP contribution < -0.4 is 11.1 Å². The van der Waals surface area contributed by atoms with Crippen LogP contribution in [0.5, 0.6) is 0 Å². The Labute approximate surface area is 106 Å². The molecule has 0 fully saturated rings. The highest BCUT2D eigenvalue weighted by molar-refractivity contribution is 9.10. The van der Waals surface area contributed by atoms with Gasteiger partial charge in [0, 0.05) is 9.50 Å². The number of hydrogen-bond donors (Lipinski definition) is 2. The Morgan fingerprint density at radius 1 is 1.50 bits per heavy atom. The Morgan fingerprint density at radius 3 is 2.62 bits per heavy atom. The molecular weight excluding hydrogens is 295 g/mol. The molecule has 1 aromatic rings. The molecule has 3 N–H and O–H groups in total. The summed E-state index contributed by atoms with van der Waals surface area (Å²) in [7, 11) is 0. The van der Waals surface area contributed by atoms with E-state index in [2.05, 4.69) is 21.2 Å². The number of halogens is 2. The molecule has 2 amide bonds. The quantitative estimate of drug-likeness (QED) is 0.892. The molecule has 0 heterocycles. The molecule has 0 saturated heterocycles. The molecular formula is C10H10BrClN2O2. The van der Waals surface area contributed by atoms with Gasteiger partial charge in [-0.25, -0.2) is 0 Å². The van der Waals surface area contributed by atoms with Crippen LogP contribution in [0.1, 0.15) is 17.3 Å². The lowest BCUT2D eigenvalue weighted by Crippen LogP contribution is -2.42. The van der Waals surface area contributed by atoms with E-state index in [1.165, 1.54) is 6.92 Å². The Hall–Kier alpha value is -1.07. The summed E-state index contributed by atoms with van der Waals surface area (Å²) in [5.74, 6) is -0.965. The van der Waals surface area contributed by atoms with Gasteiger partial charge >= 0.3 is 0 Å². The number of carbonyl (C=O) groups excluding carboxylic acids is 2. The van der Waals surface area contributed by atoms with Crippen LogP contribution in [-0.2, 0) is 4.79 Å². The summed E-state index contributed by atoms with van der Waals surface area (Å²) in [6, 6.07) is 4.05. The van der Waals surface area contributed by atoms with Gasteiger partial charge in [0.15, 0.2) is 0 Å². The predicted molar refractivity (Wildman–Crippen MR) is 65.3 cm³/mol. The topological polar surface area (TPSA) is 72.2 Å². The third-order valence-corrected chi connectivity index (χ3v) is 2.84. The molecule has 0 unspecified atom stereocenters. The summed E-state index contributed by atoms with van der Waals surface area (Å²) >= 11 is 8.96. The van der Waals surface area contributed by atoms with Crippen molar-refractivity contribution < 1.29 is 9.59 Å². The van der Waals surface area contributed by atoms with E-state index in [0.29, 0.717) is 15.1 Å². The summed E-state index contributed by atoms with van der Waals surface area (Å²) in [5.41, 5.74) is 5.44. The van der Waals surface area contributed by atoms with Crippen LogP contribution in [0.15, 0.2) is 22.7 Å². The zero-order valence-corrected chi connectivity index (χ0v) is 10.8. The van der Waals surface area contributed by atoms with Crippen LogP contribution >= 0.6 is 27.5 Å². The Bertz CT molecular complexity index is 437. The number of amides is 2. The zero-order valence-electron chi connectivity index (χ0n) is 8.46. The van der Waals surface area contributed by atoms with Crippen molar-refractivity contribution in [1.29, 1.82) is 0 Å². The summed E-state index contributed by atoms with van der Waals surface area (Å²) in [6.07, 6.45) is 0. The van der Waals surface area contributed by atoms with Gasteiger partial charge in [-0.2, -0.15) is 0 Å². The molecule has 0 bridgehead atoms. The molecule has 6 heteroatoms. The molecule has 0 radical (unpaired) electrons. The fraction of sp³-hybridized carbons (Fsp3) is 0.200. The first-order valence-corrected chi connectivity index (χ1v) is 5.64. The smallest absolute Gasteiger partial charge is 0.253 e. The van der Waals surface area contributed by atoms with E-state index in [4.69, 9.17) is 17.3 Å². The maximum atomic E-state index is 11.7. The average Bonchev–Trinajstić information content (AvgIpc) is 2.16. The number of primary amides is 1. The number of nitrogens with two attached hydrogens (primary N) is 1. The van der Waals surface area contributed by atoms with Gasteiger partial charge in [-0.05, 0) is 41.1 Å². The van der Waals surface area contributed by atoms with Crippen LogP contribution in [0.2, 0.25) is 5.02 Å². The van der Waals surface area contributed by atoms with Crippen LogP contribution in [0.3, 0.4) is 0 Å². The third-order valence-electron chi connectivity index (χ3n) is 1.95. The van der Waals surface area contributed by atoms with Gasteiger partial charge in [0.25, 0.3) is 5.91 Å². The lowest BCUT2D eigenvalue weighted by molar-refractivity contribution is -0.119. The van der Waals surface area contributed by atoms with Gasteiger partial charge in [0.1, 0.15) is 6.04 Å². The second-order valence-corrected chi connectivity index (χ2v) is 4.51. The molecule has 0 aromatic heterocycles. The van der Waals surface area contributed by atoms with E-state index in [1.54, 1.807) is 18.2 Å². The standard InChI is InChI=1S/C10H10BrClN2O2/c1-5(9(13)15)14-10(16)7-3-2-6(12)4-8(7)11/h2-5H,1H3,(H2,13,15)(H,14,16)/t5-/m0/s1. The van der Waals surface area contributed by atoms with E-state index in [-0.39, 0.29) is 5.91 Å². The highest BCUT2D eigenvalue weighted by atomic mass is 79.9. The maximum Gasteiger partial charge on any atom is 0.253 e. The molecule has 16 heavy (non-hydrogen) atoms.